The van der Waals surface area contributed by atoms with Gasteiger partial charge in [-0.1, -0.05) is 0 Å². The molecule has 0 aromatic rings. The zero-order valence-electron chi connectivity index (χ0n) is 11.1. The van der Waals surface area contributed by atoms with Crippen LogP contribution >= 0.6 is 0 Å². The van der Waals surface area contributed by atoms with Crippen LogP contribution in [0.5, 0.6) is 0 Å². The lowest BCUT2D eigenvalue weighted by molar-refractivity contribution is -0.139. The summed E-state index contributed by atoms with van der Waals surface area (Å²) >= 11 is 0. The Kier molecular flexibility index (Phi) is 4.20. The summed E-state index contributed by atoms with van der Waals surface area (Å²) in [6.07, 6.45) is 2.61. The Morgan fingerprint density at radius 2 is 2.11 bits per heavy atom. The number of rotatable bonds is 3. The van der Waals surface area contributed by atoms with Gasteiger partial charge in [0.2, 0.25) is 5.91 Å². The van der Waals surface area contributed by atoms with Crippen molar-refractivity contribution < 1.29 is 4.79 Å². The number of hydrogen-bond donors (Lipinski definition) is 1. The van der Waals surface area contributed by atoms with E-state index >= 15 is 0 Å². The normalized spacial score (nSPS) is 29.2. The number of nitrogens with zero attached hydrogens (tertiary/aromatic N) is 3. The zero-order chi connectivity index (χ0) is 13.0. The maximum Gasteiger partial charge on any atom is 0.242 e. The SMILES string of the molecule is CC1(C(=O)N2CCN(CCC#N)CC2)CCCN1. The van der Waals surface area contributed by atoms with Crippen LogP contribution in [0.4, 0.5) is 0 Å². The Hall–Kier alpha value is -1.12. The molecule has 100 valence electrons. The Labute approximate surface area is 109 Å². The summed E-state index contributed by atoms with van der Waals surface area (Å²) in [5, 5.41) is 11.9. The van der Waals surface area contributed by atoms with Crippen LogP contribution in [0.1, 0.15) is 26.2 Å². The van der Waals surface area contributed by atoms with Gasteiger partial charge in [-0.3, -0.25) is 9.69 Å². The highest BCUT2D eigenvalue weighted by atomic mass is 16.2. The van der Waals surface area contributed by atoms with Crippen molar-refractivity contribution in [1.82, 2.24) is 15.1 Å². The van der Waals surface area contributed by atoms with E-state index in [9.17, 15) is 4.79 Å². The average Bonchev–Trinajstić information content (AvgIpc) is 2.84. The molecule has 2 aliphatic rings. The highest BCUT2D eigenvalue weighted by molar-refractivity contribution is 5.86. The molecule has 5 heteroatoms. The molecule has 0 radical (unpaired) electrons. The number of amides is 1. The Balaban J connectivity index is 1.82. The summed E-state index contributed by atoms with van der Waals surface area (Å²) in [7, 11) is 0. The van der Waals surface area contributed by atoms with Gasteiger partial charge in [-0.05, 0) is 26.3 Å². The van der Waals surface area contributed by atoms with Gasteiger partial charge in [0, 0.05) is 39.1 Å². The minimum Gasteiger partial charge on any atom is -0.339 e. The molecule has 5 nitrogen and oxygen atoms in total. The van der Waals surface area contributed by atoms with E-state index < -0.39 is 0 Å². The van der Waals surface area contributed by atoms with E-state index in [1.807, 2.05) is 11.8 Å². The van der Waals surface area contributed by atoms with Gasteiger partial charge >= 0.3 is 0 Å². The minimum absolute atomic E-state index is 0.250. The highest BCUT2D eigenvalue weighted by Gasteiger charge is 2.39. The highest BCUT2D eigenvalue weighted by Crippen LogP contribution is 2.22. The standard InChI is InChI=1S/C13H22N4O/c1-13(4-2-6-15-13)12(18)17-10-8-16(9-11-17)7-3-5-14/h15H,2-4,6-11H2,1H3. The Bertz CT molecular complexity index is 335. The zero-order valence-corrected chi connectivity index (χ0v) is 11.1. The van der Waals surface area contributed by atoms with Gasteiger partial charge in [0.15, 0.2) is 0 Å². The number of nitriles is 1. The lowest BCUT2D eigenvalue weighted by Crippen LogP contribution is -2.57. The smallest absolute Gasteiger partial charge is 0.242 e. The summed E-state index contributed by atoms with van der Waals surface area (Å²) in [6, 6.07) is 2.17. The number of piperazine rings is 1. The molecule has 2 rings (SSSR count). The summed E-state index contributed by atoms with van der Waals surface area (Å²) in [4.78, 5) is 16.7. The molecule has 2 saturated heterocycles. The van der Waals surface area contributed by atoms with Crippen LogP contribution in [0.15, 0.2) is 0 Å². The van der Waals surface area contributed by atoms with Gasteiger partial charge in [-0.25, -0.2) is 0 Å². The van der Waals surface area contributed by atoms with Crippen LogP contribution in [0, 0.1) is 11.3 Å². The van der Waals surface area contributed by atoms with Crippen molar-refractivity contribution >= 4 is 5.91 Å². The molecular weight excluding hydrogens is 228 g/mol. The second-order valence-corrected chi connectivity index (χ2v) is 5.40. The largest absolute Gasteiger partial charge is 0.339 e. The molecule has 0 aliphatic carbocycles. The summed E-state index contributed by atoms with van der Waals surface area (Å²) in [6.45, 7) is 7.17. The van der Waals surface area contributed by atoms with E-state index in [4.69, 9.17) is 5.26 Å². The quantitative estimate of drug-likeness (QED) is 0.776. The maximum atomic E-state index is 12.4. The molecule has 2 fully saturated rings. The number of hydrogen-bond acceptors (Lipinski definition) is 4. The maximum absolute atomic E-state index is 12.4. The lowest BCUT2D eigenvalue weighted by atomic mass is 9.98. The molecule has 1 amide bonds. The van der Waals surface area contributed by atoms with Crippen LogP contribution < -0.4 is 5.32 Å². The molecule has 0 aromatic carbocycles. The molecule has 2 aliphatic heterocycles. The first-order valence-electron chi connectivity index (χ1n) is 6.79. The van der Waals surface area contributed by atoms with Crippen molar-refractivity contribution in [3.05, 3.63) is 0 Å². The van der Waals surface area contributed by atoms with E-state index in [0.29, 0.717) is 6.42 Å². The fourth-order valence-electron chi connectivity index (χ4n) is 2.81. The average molecular weight is 250 g/mol. The van der Waals surface area contributed by atoms with Crippen molar-refractivity contribution in [2.45, 2.75) is 31.7 Å². The van der Waals surface area contributed by atoms with E-state index in [-0.39, 0.29) is 11.4 Å². The summed E-state index contributed by atoms with van der Waals surface area (Å²) in [5.41, 5.74) is -0.338. The van der Waals surface area contributed by atoms with Crippen LogP contribution in [0.25, 0.3) is 0 Å². The van der Waals surface area contributed by atoms with E-state index in [2.05, 4.69) is 16.3 Å². The van der Waals surface area contributed by atoms with Crippen LogP contribution in [-0.4, -0.2) is 60.5 Å². The minimum atomic E-state index is -0.338. The van der Waals surface area contributed by atoms with Crippen LogP contribution in [0.2, 0.25) is 0 Å². The number of nitrogens with one attached hydrogen (secondary N) is 1. The van der Waals surface area contributed by atoms with Gasteiger partial charge in [-0.2, -0.15) is 5.26 Å². The number of carbonyl (C=O) groups excluding carboxylic acids is 1. The van der Waals surface area contributed by atoms with Crippen molar-refractivity contribution in [2.24, 2.45) is 0 Å². The van der Waals surface area contributed by atoms with E-state index in [0.717, 1.165) is 52.1 Å². The van der Waals surface area contributed by atoms with Gasteiger partial charge in [0.1, 0.15) is 0 Å². The van der Waals surface area contributed by atoms with Crippen molar-refractivity contribution in [3.63, 3.8) is 0 Å². The Morgan fingerprint density at radius 1 is 1.39 bits per heavy atom. The van der Waals surface area contributed by atoms with Crippen LogP contribution in [-0.2, 0) is 4.79 Å². The summed E-state index contributed by atoms with van der Waals surface area (Å²) in [5.74, 6) is 0.250. The van der Waals surface area contributed by atoms with Gasteiger partial charge < -0.3 is 10.2 Å². The first-order valence-corrected chi connectivity index (χ1v) is 6.79. The first kappa shape index (κ1) is 13.3. The second kappa shape index (κ2) is 5.68. The molecule has 1 atom stereocenters. The van der Waals surface area contributed by atoms with Gasteiger partial charge in [0.25, 0.3) is 0 Å². The van der Waals surface area contributed by atoms with Gasteiger partial charge in [-0.15, -0.1) is 0 Å². The third-order valence-electron chi connectivity index (χ3n) is 4.04. The van der Waals surface area contributed by atoms with Gasteiger partial charge in [0.05, 0.1) is 11.6 Å². The van der Waals surface area contributed by atoms with Crippen molar-refractivity contribution in [3.8, 4) is 6.07 Å². The molecule has 0 aromatic heterocycles. The molecule has 0 saturated carbocycles. The summed E-state index contributed by atoms with van der Waals surface area (Å²) < 4.78 is 0. The Morgan fingerprint density at radius 3 is 2.67 bits per heavy atom. The van der Waals surface area contributed by atoms with Crippen molar-refractivity contribution in [1.29, 1.82) is 5.26 Å². The molecular formula is C13H22N4O. The predicted octanol–water partition coefficient (Wildman–Crippen LogP) is 0.186. The topological polar surface area (TPSA) is 59.4 Å². The molecule has 0 spiro atoms. The molecule has 2 heterocycles. The first-order chi connectivity index (χ1) is 8.65. The predicted molar refractivity (Wildman–Crippen MR) is 68.9 cm³/mol. The fraction of sp³-hybridized carbons (Fsp3) is 0.846. The molecule has 1 N–H and O–H groups in total. The van der Waals surface area contributed by atoms with E-state index in [1.165, 1.54) is 0 Å². The molecule has 18 heavy (non-hydrogen) atoms. The van der Waals surface area contributed by atoms with Crippen LogP contribution in [0.3, 0.4) is 0 Å². The lowest BCUT2D eigenvalue weighted by Gasteiger charge is -2.38. The monoisotopic (exact) mass is 250 g/mol. The fourth-order valence-corrected chi connectivity index (χ4v) is 2.81. The molecule has 0 bridgehead atoms. The third kappa shape index (κ3) is 2.82. The number of carbonyl (C=O) groups is 1. The van der Waals surface area contributed by atoms with E-state index in [1.54, 1.807) is 0 Å². The third-order valence-corrected chi connectivity index (χ3v) is 4.04. The van der Waals surface area contributed by atoms with Crippen molar-refractivity contribution in [2.75, 3.05) is 39.3 Å². The second-order valence-electron chi connectivity index (χ2n) is 5.40. The molecule has 1 unspecified atom stereocenters.